The Bertz CT molecular complexity index is 404. The quantitative estimate of drug-likeness (QED) is 0.774. The highest BCUT2D eigenvalue weighted by atomic mass is 16.2. The minimum absolute atomic E-state index is 0.0261. The molecule has 0 radical (unpaired) electrons. The van der Waals surface area contributed by atoms with Crippen LogP contribution in [0.15, 0.2) is 0 Å². The first-order chi connectivity index (χ1) is 9.68. The number of fused-ring (bicyclic) bond motifs is 1. The number of rotatable bonds is 2. The fraction of sp³-hybridized carbons (Fsp3) is 0.867. The van der Waals surface area contributed by atoms with Crippen molar-refractivity contribution < 1.29 is 9.59 Å². The number of nitrogens with one attached hydrogen (secondary N) is 2. The summed E-state index contributed by atoms with van der Waals surface area (Å²) in [6.07, 6.45) is 4.81. The molecule has 3 rings (SSSR count). The zero-order chi connectivity index (χ0) is 14.2. The fourth-order valence-corrected chi connectivity index (χ4v) is 4.11. The molecular formula is C15H25N3O2. The van der Waals surface area contributed by atoms with Crippen LogP contribution < -0.4 is 10.6 Å². The van der Waals surface area contributed by atoms with Gasteiger partial charge in [0.2, 0.25) is 11.8 Å². The molecule has 112 valence electrons. The van der Waals surface area contributed by atoms with E-state index in [0.717, 1.165) is 51.7 Å². The second kappa shape index (κ2) is 5.35. The van der Waals surface area contributed by atoms with E-state index in [4.69, 9.17) is 0 Å². The van der Waals surface area contributed by atoms with E-state index in [9.17, 15) is 9.59 Å². The summed E-state index contributed by atoms with van der Waals surface area (Å²) >= 11 is 0. The number of likely N-dealkylation sites (tertiary alicyclic amines) is 1. The van der Waals surface area contributed by atoms with Gasteiger partial charge in [0.1, 0.15) is 0 Å². The van der Waals surface area contributed by atoms with E-state index in [2.05, 4.69) is 17.6 Å². The van der Waals surface area contributed by atoms with E-state index in [1.54, 1.807) is 0 Å². The van der Waals surface area contributed by atoms with Gasteiger partial charge < -0.3 is 15.5 Å². The van der Waals surface area contributed by atoms with Crippen molar-refractivity contribution in [1.29, 1.82) is 0 Å². The smallest absolute Gasteiger partial charge is 0.230 e. The third-order valence-corrected chi connectivity index (χ3v) is 5.46. The molecule has 3 aliphatic heterocycles. The van der Waals surface area contributed by atoms with Gasteiger partial charge in [-0.05, 0) is 38.6 Å². The van der Waals surface area contributed by atoms with Crippen LogP contribution in [0.3, 0.4) is 0 Å². The molecule has 3 fully saturated rings. The second-order valence-corrected chi connectivity index (χ2v) is 6.47. The molecule has 2 amide bonds. The molecule has 2 N–H and O–H groups in total. The van der Waals surface area contributed by atoms with Crippen molar-refractivity contribution >= 4 is 11.8 Å². The van der Waals surface area contributed by atoms with E-state index >= 15 is 0 Å². The first-order valence-electron chi connectivity index (χ1n) is 7.97. The molecule has 5 nitrogen and oxygen atoms in total. The molecular weight excluding hydrogens is 254 g/mol. The predicted octanol–water partition coefficient (Wildman–Crippen LogP) is 0.503. The van der Waals surface area contributed by atoms with Crippen molar-refractivity contribution in [1.82, 2.24) is 15.5 Å². The monoisotopic (exact) mass is 279 g/mol. The largest absolute Gasteiger partial charge is 0.354 e. The lowest BCUT2D eigenvalue weighted by Crippen LogP contribution is -2.57. The lowest BCUT2D eigenvalue weighted by Gasteiger charge is -2.44. The Balaban J connectivity index is 1.80. The van der Waals surface area contributed by atoms with Crippen LogP contribution in [0.25, 0.3) is 0 Å². The number of amides is 2. The molecule has 3 atom stereocenters. The van der Waals surface area contributed by atoms with Crippen molar-refractivity contribution in [3.05, 3.63) is 0 Å². The summed E-state index contributed by atoms with van der Waals surface area (Å²) in [5.74, 6) is 0.441. The Labute approximate surface area is 120 Å². The molecule has 3 aliphatic rings. The van der Waals surface area contributed by atoms with Crippen LogP contribution >= 0.6 is 0 Å². The number of piperidine rings is 2. The molecule has 0 saturated carbocycles. The van der Waals surface area contributed by atoms with Gasteiger partial charge in [0.15, 0.2) is 0 Å². The average Bonchev–Trinajstić information content (AvgIpc) is 2.89. The van der Waals surface area contributed by atoms with Crippen LogP contribution in [-0.2, 0) is 9.59 Å². The first kappa shape index (κ1) is 13.9. The fourth-order valence-electron chi connectivity index (χ4n) is 4.11. The molecule has 0 spiro atoms. The molecule has 20 heavy (non-hydrogen) atoms. The van der Waals surface area contributed by atoms with Gasteiger partial charge in [-0.15, -0.1) is 0 Å². The van der Waals surface area contributed by atoms with Crippen molar-refractivity contribution in [3.8, 4) is 0 Å². The maximum atomic E-state index is 13.1. The number of carbonyl (C=O) groups is 2. The Kier molecular flexibility index (Phi) is 3.71. The standard InChI is InChI=1S/C15H25N3O2/c1-2-15(6-4-7-16-10-15)14(20)18-8-3-5-11-12(18)9-17-13(11)19/h11-12,16H,2-10H2,1H3,(H,17,19). The summed E-state index contributed by atoms with van der Waals surface area (Å²) in [6, 6.07) is 0.0918. The minimum Gasteiger partial charge on any atom is -0.354 e. The Morgan fingerprint density at radius 2 is 2.30 bits per heavy atom. The molecule has 3 saturated heterocycles. The lowest BCUT2D eigenvalue weighted by molar-refractivity contribution is -0.148. The molecule has 0 aromatic carbocycles. The van der Waals surface area contributed by atoms with Crippen molar-refractivity contribution in [3.63, 3.8) is 0 Å². The zero-order valence-corrected chi connectivity index (χ0v) is 12.3. The van der Waals surface area contributed by atoms with E-state index in [0.29, 0.717) is 6.54 Å². The summed E-state index contributed by atoms with van der Waals surface area (Å²) in [4.78, 5) is 27.0. The molecule has 5 heteroatoms. The van der Waals surface area contributed by atoms with E-state index in [-0.39, 0.29) is 29.2 Å². The van der Waals surface area contributed by atoms with Crippen LogP contribution in [0.5, 0.6) is 0 Å². The van der Waals surface area contributed by atoms with Gasteiger partial charge in [0, 0.05) is 19.6 Å². The third kappa shape index (κ3) is 2.12. The van der Waals surface area contributed by atoms with Crippen LogP contribution in [0.1, 0.15) is 39.0 Å². The van der Waals surface area contributed by atoms with Gasteiger partial charge in [-0.3, -0.25) is 9.59 Å². The van der Waals surface area contributed by atoms with Gasteiger partial charge in [-0.25, -0.2) is 0 Å². The highest BCUT2D eigenvalue weighted by Gasteiger charge is 2.48. The maximum absolute atomic E-state index is 13.1. The summed E-state index contributed by atoms with van der Waals surface area (Å²) in [6.45, 7) is 5.38. The molecule has 0 aliphatic carbocycles. The SMILES string of the molecule is CCC1(C(=O)N2CCCC3C(=O)NCC32)CCCNC1. The normalized spacial score (nSPS) is 37.5. The van der Waals surface area contributed by atoms with Crippen molar-refractivity contribution in [2.45, 2.75) is 45.1 Å². The van der Waals surface area contributed by atoms with Gasteiger partial charge in [-0.1, -0.05) is 6.92 Å². The molecule has 3 heterocycles. The van der Waals surface area contributed by atoms with E-state index < -0.39 is 0 Å². The highest BCUT2D eigenvalue weighted by Crippen LogP contribution is 2.36. The lowest BCUT2D eigenvalue weighted by atomic mass is 9.76. The second-order valence-electron chi connectivity index (χ2n) is 6.47. The molecule has 0 bridgehead atoms. The molecule has 3 unspecified atom stereocenters. The van der Waals surface area contributed by atoms with Gasteiger partial charge in [0.05, 0.1) is 17.4 Å². The van der Waals surface area contributed by atoms with Crippen molar-refractivity contribution in [2.24, 2.45) is 11.3 Å². The van der Waals surface area contributed by atoms with Gasteiger partial charge in [-0.2, -0.15) is 0 Å². The third-order valence-electron chi connectivity index (χ3n) is 5.46. The topological polar surface area (TPSA) is 61.4 Å². The van der Waals surface area contributed by atoms with Gasteiger partial charge in [0.25, 0.3) is 0 Å². The maximum Gasteiger partial charge on any atom is 0.230 e. The summed E-state index contributed by atoms with van der Waals surface area (Å²) in [5, 5.41) is 6.32. The highest BCUT2D eigenvalue weighted by molar-refractivity contribution is 5.87. The summed E-state index contributed by atoms with van der Waals surface area (Å²) < 4.78 is 0. The minimum atomic E-state index is -0.244. The van der Waals surface area contributed by atoms with Crippen LogP contribution in [-0.4, -0.2) is 48.9 Å². The van der Waals surface area contributed by atoms with Crippen LogP contribution in [0.4, 0.5) is 0 Å². The first-order valence-corrected chi connectivity index (χ1v) is 7.97. The number of hydrogen-bond acceptors (Lipinski definition) is 3. The summed E-state index contributed by atoms with van der Waals surface area (Å²) in [5.41, 5.74) is -0.244. The average molecular weight is 279 g/mol. The van der Waals surface area contributed by atoms with Gasteiger partial charge >= 0.3 is 0 Å². The Morgan fingerprint density at radius 3 is 3.00 bits per heavy atom. The van der Waals surface area contributed by atoms with E-state index in [1.165, 1.54) is 0 Å². The summed E-state index contributed by atoms with van der Waals surface area (Å²) in [7, 11) is 0. The van der Waals surface area contributed by atoms with Crippen LogP contribution in [0, 0.1) is 11.3 Å². The number of nitrogens with zero attached hydrogens (tertiary/aromatic N) is 1. The molecule has 0 aromatic heterocycles. The number of hydrogen-bond donors (Lipinski definition) is 2. The molecule has 0 aromatic rings. The Morgan fingerprint density at radius 1 is 1.45 bits per heavy atom. The van der Waals surface area contributed by atoms with E-state index in [1.807, 2.05) is 4.90 Å². The predicted molar refractivity (Wildman–Crippen MR) is 76.1 cm³/mol. The zero-order valence-electron chi connectivity index (χ0n) is 12.3. The van der Waals surface area contributed by atoms with Crippen LogP contribution in [0.2, 0.25) is 0 Å². The van der Waals surface area contributed by atoms with Crippen molar-refractivity contribution in [2.75, 3.05) is 26.2 Å². The number of carbonyl (C=O) groups excluding carboxylic acids is 2. The Hall–Kier alpha value is -1.10.